The summed E-state index contributed by atoms with van der Waals surface area (Å²) in [6, 6.07) is 7.62. The molecule has 1 aromatic carbocycles. The van der Waals surface area contributed by atoms with Gasteiger partial charge in [0.2, 0.25) is 0 Å². The lowest BCUT2D eigenvalue weighted by Crippen LogP contribution is -2.08. The van der Waals surface area contributed by atoms with Crippen molar-refractivity contribution < 1.29 is 0 Å². The number of nitrogens with two attached hydrogens (primary N) is 1. The largest absolute Gasteiger partial charge is 0.379 e. The molecule has 0 aliphatic heterocycles. The molecule has 0 amide bonds. The van der Waals surface area contributed by atoms with Gasteiger partial charge < -0.3 is 10.7 Å². The Bertz CT molecular complexity index is 532. The van der Waals surface area contributed by atoms with Crippen molar-refractivity contribution in [3.05, 3.63) is 53.1 Å². The van der Waals surface area contributed by atoms with E-state index < -0.39 is 0 Å². The van der Waals surface area contributed by atoms with Crippen molar-refractivity contribution in [2.24, 2.45) is 10.7 Å². The van der Waals surface area contributed by atoms with Gasteiger partial charge in [0.15, 0.2) is 5.17 Å². The number of hydrogen-bond donors (Lipinski definition) is 2. The molecule has 0 radical (unpaired) electrons. The van der Waals surface area contributed by atoms with E-state index in [-0.39, 0.29) is 34.0 Å². The molecule has 116 valence electrons. The van der Waals surface area contributed by atoms with Crippen LogP contribution in [0.1, 0.15) is 11.3 Å². The number of benzene rings is 1. The number of nitrogens with zero attached hydrogens (tertiary/aromatic N) is 2. The second-order valence-corrected chi connectivity index (χ2v) is 5.51. The minimum absolute atomic E-state index is 0. The highest BCUT2D eigenvalue weighted by molar-refractivity contribution is 8.93. The fraction of sp³-hybridized carbons (Fsp3) is 0.231. The molecular weight excluding hydrogens is 439 g/mol. The molecule has 3 N–H and O–H groups in total. The van der Waals surface area contributed by atoms with E-state index in [0.717, 1.165) is 28.5 Å². The summed E-state index contributed by atoms with van der Waals surface area (Å²) < 4.78 is 0. The first-order valence-electron chi connectivity index (χ1n) is 5.88. The number of H-pyrrole nitrogens is 1. The maximum Gasteiger partial charge on any atom is 0.154 e. The van der Waals surface area contributed by atoms with Crippen molar-refractivity contribution >= 4 is 62.5 Å². The van der Waals surface area contributed by atoms with Crippen LogP contribution in [-0.2, 0) is 13.0 Å². The summed E-state index contributed by atoms with van der Waals surface area (Å²) >= 11 is 7.37. The Morgan fingerprint density at radius 1 is 1.29 bits per heavy atom. The van der Waals surface area contributed by atoms with Crippen molar-refractivity contribution in [3.63, 3.8) is 0 Å². The van der Waals surface area contributed by atoms with E-state index in [0.29, 0.717) is 11.7 Å². The number of rotatable bonds is 5. The van der Waals surface area contributed by atoms with Crippen LogP contribution in [0.15, 0.2) is 41.8 Å². The number of hydrogen-bond acceptors (Lipinski definition) is 3. The van der Waals surface area contributed by atoms with Gasteiger partial charge in [-0.1, -0.05) is 35.5 Å². The van der Waals surface area contributed by atoms with Gasteiger partial charge in [0.1, 0.15) is 0 Å². The molecule has 0 aliphatic carbocycles. The minimum Gasteiger partial charge on any atom is -0.379 e. The Labute approximate surface area is 154 Å². The van der Waals surface area contributed by atoms with Gasteiger partial charge in [-0.2, -0.15) is 0 Å². The summed E-state index contributed by atoms with van der Waals surface area (Å²) in [6.07, 6.45) is 4.40. The van der Waals surface area contributed by atoms with E-state index in [1.54, 1.807) is 18.1 Å². The van der Waals surface area contributed by atoms with Gasteiger partial charge in [-0.05, 0) is 24.1 Å². The standard InChI is InChI=1S/C13H15ClN4S.2BrH/c14-11-3-1-10(2-4-11)7-17-13(15)19-6-5-12-8-16-9-18-12;;/h1-4,8-9H,5-7H2,(H2,15,17)(H,16,18);2*1H. The summed E-state index contributed by atoms with van der Waals surface area (Å²) in [5, 5.41) is 1.34. The van der Waals surface area contributed by atoms with Gasteiger partial charge in [-0.25, -0.2) is 4.98 Å². The number of imidazole rings is 1. The molecule has 2 aromatic rings. The summed E-state index contributed by atoms with van der Waals surface area (Å²) in [7, 11) is 0. The number of aryl methyl sites for hydroxylation is 1. The van der Waals surface area contributed by atoms with Gasteiger partial charge >= 0.3 is 0 Å². The Hall–Kier alpha value is -0.500. The molecule has 8 heteroatoms. The number of aromatic nitrogens is 2. The average molecular weight is 457 g/mol. The molecule has 0 unspecified atom stereocenters. The Morgan fingerprint density at radius 2 is 2.00 bits per heavy atom. The third kappa shape index (κ3) is 7.90. The quantitative estimate of drug-likeness (QED) is 0.528. The molecule has 4 nitrogen and oxygen atoms in total. The van der Waals surface area contributed by atoms with E-state index in [4.69, 9.17) is 17.3 Å². The van der Waals surface area contributed by atoms with Crippen LogP contribution in [0.5, 0.6) is 0 Å². The predicted molar refractivity (Wildman–Crippen MR) is 102 cm³/mol. The maximum absolute atomic E-state index is 5.85. The van der Waals surface area contributed by atoms with Crippen molar-refractivity contribution in [2.75, 3.05) is 5.75 Å². The van der Waals surface area contributed by atoms with Crippen LogP contribution in [-0.4, -0.2) is 20.9 Å². The number of aliphatic imine (C=N–C) groups is 1. The first kappa shape index (κ1) is 20.5. The van der Waals surface area contributed by atoms with Crippen LogP contribution in [0.25, 0.3) is 0 Å². The highest BCUT2D eigenvalue weighted by Crippen LogP contribution is 2.11. The second kappa shape index (κ2) is 11.1. The normalized spacial score (nSPS) is 10.6. The van der Waals surface area contributed by atoms with E-state index >= 15 is 0 Å². The van der Waals surface area contributed by atoms with Crippen LogP contribution in [0, 0.1) is 0 Å². The van der Waals surface area contributed by atoms with Crippen molar-refractivity contribution in [1.29, 1.82) is 0 Å². The van der Waals surface area contributed by atoms with Crippen LogP contribution in [0.2, 0.25) is 5.02 Å². The molecule has 0 aliphatic rings. The van der Waals surface area contributed by atoms with Crippen molar-refractivity contribution in [1.82, 2.24) is 9.97 Å². The van der Waals surface area contributed by atoms with Crippen molar-refractivity contribution in [2.45, 2.75) is 13.0 Å². The molecule has 0 saturated carbocycles. The molecule has 0 bridgehead atoms. The predicted octanol–water partition coefficient (Wildman–Crippen LogP) is 4.01. The Kier molecular flexibility index (Phi) is 10.9. The molecule has 0 saturated heterocycles. The monoisotopic (exact) mass is 454 g/mol. The number of thioether (sulfide) groups is 1. The topological polar surface area (TPSA) is 67.1 Å². The van der Waals surface area contributed by atoms with Gasteiger partial charge in [0.25, 0.3) is 0 Å². The van der Waals surface area contributed by atoms with Crippen LogP contribution in [0.4, 0.5) is 0 Å². The first-order valence-corrected chi connectivity index (χ1v) is 7.25. The molecule has 0 spiro atoms. The summed E-state index contributed by atoms with van der Waals surface area (Å²) in [6.45, 7) is 0.583. The van der Waals surface area contributed by atoms with E-state index in [9.17, 15) is 0 Å². The minimum atomic E-state index is 0. The molecule has 1 aromatic heterocycles. The highest BCUT2D eigenvalue weighted by atomic mass is 79.9. The van der Waals surface area contributed by atoms with E-state index in [2.05, 4.69) is 15.0 Å². The fourth-order valence-corrected chi connectivity index (χ4v) is 2.30. The summed E-state index contributed by atoms with van der Waals surface area (Å²) in [4.78, 5) is 11.4. The zero-order chi connectivity index (χ0) is 13.5. The summed E-state index contributed by atoms with van der Waals surface area (Å²) in [5.41, 5.74) is 8.06. The lowest BCUT2D eigenvalue weighted by molar-refractivity contribution is 1.07. The van der Waals surface area contributed by atoms with Crippen LogP contribution >= 0.6 is 57.3 Å². The lowest BCUT2D eigenvalue weighted by atomic mass is 10.2. The molecular formula is C13H17Br2ClN4S. The van der Waals surface area contributed by atoms with E-state index in [1.165, 1.54) is 0 Å². The SMILES string of the molecule is Br.Br.NC(=NCc1ccc(Cl)cc1)SCCc1cnc[nH]1. The number of amidine groups is 1. The zero-order valence-corrected chi connectivity index (χ0v) is 16.2. The first-order chi connectivity index (χ1) is 9.24. The third-order valence-corrected chi connectivity index (χ3v) is 3.59. The third-order valence-electron chi connectivity index (χ3n) is 2.51. The Balaban J connectivity index is 0.00000200. The number of nitrogens with one attached hydrogen (secondary N) is 1. The van der Waals surface area contributed by atoms with Crippen LogP contribution < -0.4 is 5.73 Å². The lowest BCUT2D eigenvalue weighted by Gasteiger charge is -2.01. The molecule has 2 rings (SSSR count). The zero-order valence-electron chi connectivity index (χ0n) is 11.2. The highest BCUT2D eigenvalue weighted by Gasteiger charge is 1.98. The van der Waals surface area contributed by atoms with Gasteiger partial charge in [-0.15, -0.1) is 34.0 Å². The molecule has 0 fully saturated rings. The number of aromatic amines is 1. The van der Waals surface area contributed by atoms with Crippen molar-refractivity contribution in [3.8, 4) is 0 Å². The molecule has 0 atom stereocenters. The number of halogens is 3. The molecule has 1 heterocycles. The second-order valence-electron chi connectivity index (χ2n) is 3.96. The Morgan fingerprint density at radius 3 is 2.62 bits per heavy atom. The summed E-state index contributed by atoms with van der Waals surface area (Å²) in [5.74, 6) is 0.887. The van der Waals surface area contributed by atoms with Gasteiger partial charge in [0, 0.05) is 22.7 Å². The fourth-order valence-electron chi connectivity index (χ4n) is 1.49. The van der Waals surface area contributed by atoms with Gasteiger partial charge in [-0.3, -0.25) is 4.99 Å². The molecule has 21 heavy (non-hydrogen) atoms. The average Bonchev–Trinajstić information content (AvgIpc) is 2.91. The van der Waals surface area contributed by atoms with Gasteiger partial charge in [0.05, 0.1) is 12.9 Å². The maximum atomic E-state index is 5.85. The van der Waals surface area contributed by atoms with E-state index in [1.807, 2.05) is 30.5 Å². The van der Waals surface area contributed by atoms with Crippen LogP contribution in [0.3, 0.4) is 0 Å². The smallest absolute Gasteiger partial charge is 0.154 e.